The Labute approximate surface area is 149 Å². The summed E-state index contributed by atoms with van der Waals surface area (Å²) in [6.07, 6.45) is 0.197. The predicted molar refractivity (Wildman–Crippen MR) is 91.7 cm³/mol. The Morgan fingerprint density at radius 2 is 1.88 bits per heavy atom. The molecule has 1 saturated heterocycles. The van der Waals surface area contributed by atoms with Crippen LogP contribution in [0.15, 0.2) is 42.5 Å². The highest BCUT2D eigenvalue weighted by atomic mass is 19.2. The van der Waals surface area contributed by atoms with Crippen LogP contribution in [0.5, 0.6) is 0 Å². The lowest BCUT2D eigenvalue weighted by Gasteiger charge is -2.16. The zero-order valence-electron chi connectivity index (χ0n) is 13.9. The largest absolute Gasteiger partial charge is 0.387 e. The van der Waals surface area contributed by atoms with Gasteiger partial charge in [-0.25, -0.2) is 8.78 Å². The van der Waals surface area contributed by atoms with Gasteiger partial charge in [0.05, 0.1) is 6.10 Å². The van der Waals surface area contributed by atoms with E-state index < -0.39 is 23.6 Å². The molecule has 1 unspecified atom stereocenters. The van der Waals surface area contributed by atoms with Gasteiger partial charge in [-0.2, -0.15) is 0 Å². The third-order valence-electron chi connectivity index (χ3n) is 4.30. The number of aliphatic hydroxyl groups is 1. The third kappa shape index (κ3) is 3.88. The number of hydrogen-bond donors (Lipinski definition) is 2. The lowest BCUT2D eigenvalue weighted by molar-refractivity contribution is -0.117. The van der Waals surface area contributed by atoms with E-state index in [-0.39, 0.29) is 18.0 Å². The van der Waals surface area contributed by atoms with Crippen molar-refractivity contribution >= 4 is 17.5 Å². The van der Waals surface area contributed by atoms with Crippen molar-refractivity contribution in [3.05, 3.63) is 65.2 Å². The highest BCUT2D eigenvalue weighted by Gasteiger charge is 2.21. The van der Waals surface area contributed by atoms with E-state index in [0.717, 1.165) is 24.2 Å². The molecule has 0 spiro atoms. The molecule has 5 nitrogen and oxygen atoms in total. The lowest BCUT2D eigenvalue weighted by Crippen LogP contribution is -2.28. The van der Waals surface area contributed by atoms with Crippen LogP contribution in [0.25, 0.3) is 0 Å². The van der Waals surface area contributed by atoms with Crippen molar-refractivity contribution in [1.82, 2.24) is 5.32 Å². The highest BCUT2D eigenvalue weighted by Crippen LogP contribution is 2.21. The van der Waals surface area contributed by atoms with E-state index >= 15 is 0 Å². The van der Waals surface area contributed by atoms with Crippen LogP contribution in [0.1, 0.15) is 34.9 Å². The van der Waals surface area contributed by atoms with Crippen LogP contribution >= 0.6 is 0 Å². The van der Waals surface area contributed by atoms with Gasteiger partial charge in [-0.3, -0.25) is 9.59 Å². The number of rotatable bonds is 5. The first-order valence-corrected chi connectivity index (χ1v) is 8.27. The maximum atomic E-state index is 13.2. The Kier molecular flexibility index (Phi) is 5.27. The Morgan fingerprint density at radius 1 is 1.15 bits per heavy atom. The normalized spacial score (nSPS) is 15.2. The highest BCUT2D eigenvalue weighted by molar-refractivity contribution is 5.97. The van der Waals surface area contributed by atoms with Gasteiger partial charge in [-0.1, -0.05) is 6.07 Å². The van der Waals surface area contributed by atoms with Crippen LogP contribution in [0, 0.1) is 11.6 Å². The molecule has 26 heavy (non-hydrogen) atoms. The molecule has 2 amide bonds. The molecule has 2 aromatic rings. The maximum absolute atomic E-state index is 13.2. The number of nitrogens with one attached hydrogen (secondary N) is 1. The van der Waals surface area contributed by atoms with Crippen molar-refractivity contribution in [2.45, 2.75) is 18.9 Å². The molecule has 0 radical (unpaired) electrons. The van der Waals surface area contributed by atoms with Crippen molar-refractivity contribution in [1.29, 1.82) is 0 Å². The van der Waals surface area contributed by atoms with E-state index in [9.17, 15) is 23.5 Å². The van der Waals surface area contributed by atoms with Gasteiger partial charge in [0.1, 0.15) is 0 Å². The van der Waals surface area contributed by atoms with Crippen molar-refractivity contribution in [2.24, 2.45) is 0 Å². The summed E-state index contributed by atoms with van der Waals surface area (Å²) >= 11 is 0. The Hall–Kier alpha value is -2.80. The van der Waals surface area contributed by atoms with E-state index in [1.807, 2.05) is 0 Å². The van der Waals surface area contributed by atoms with Gasteiger partial charge in [0.2, 0.25) is 5.91 Å². The Bertz CT molecular complexity index is 824. The summed E-state index contributed by atoms with van der Waals surface area (Å²) < 4.78 is 26.1. The molecular formula is C19H18F2N2O3. The molecule has 2 aromatic carbocycles. The first-order valence-electron chi connectivity index (χ1n) is 8.27. The first-order chi connectivity index (χ1) is 12.5. The molecule has 1 aliphatic rings. The summed E-state index contributed by atoms with van der Waals surface area (Å²) in [4.78, 5) is 25.6. The van der Waals surface area contributed by atoms with Crippen LogP contribution in [0.3, 0.4) is 0 Å². The molecule has 1 atom stereocenters. The summed E-state index contributed by atoms with van der Waals surface area (Å²) in [6.45, 7) is 0.529. The first kappa shape index (κ1) is 18.0. The number of nitrogens with zero attached hydrogens (tertiary/aromatic N) is 1. The minimum atomic E-state index is -1.16. The summed E-state index contributed by atoms with van der Waals surface area (Å²) in [7, 11) is 0. The van der Waals surface area contributed by atoms with Gasteiger partial charge in [0, 0.05) is 30.8 Å². The fourth-order valence-electron chi connectivity index (χ4n) is 2.84. The average Bonchev–Trinajstić information content (AvgIpc) is 3.07. The second kappa shape index (κ2) is 7.61. The quantitative estimate of drug-likeness (QED) is 0.861. The standard InChI is InChI=1S/C19H18F2N2O3/c20-15-8-5-13(10-16(15)21)17(24)11-22-19(26)12-3-6-14(7-4-12)23-9-1-2-18(23)25/h3-8,10,17,24H,1-2,9,11H2,(H,22,26). The van der Waals surface area contributed by atoms with Gasteiger partial charge >= 0.3 is 0 Å². The third-order valence-corrected chi connectivity index (χ3v) is 4.30. The fourth-order valence-corrected chi connectivity index (χ4v) is 2.84. The molecule has 1 fully saturated rings. The average molecular weight is 360 g/mol. The minimum Gasteiger partial charge on any atom is -0.387 e. The van der Waals surface area contributed by atoms with Crippen molar-refractivity contribution < 1.29 is 23.5 Å². The van der Waals surface area contributed by atoms with Crippen LogP contribution in [0.2, 0.25) is 0 Å². The van der Waals surface area contributed by atoms with Crippen molar-refractivity contribution in [3.63, 3.8) is 0 Å². The molecular weight excluding hydrogens is 342 g/mol. The number of anilines is 1. The van der Waals surface area contributed by atoms with E-state index in [4.69, 9.17) is 0 Å². The lowest BCUT2D eigenvalue weighted by atomic mass is 10.1. The molecule has 2 N–H and O–H groups in total. The molecule has 7 heteroatoms. The molecule has 1 aliphatic heterocycles. The van der Waals surface area contributed by atoms with Crippen LogP contribution < -0.4 is 10.2 Å². The van der Waals surface area contributed by atoms with E-state index in [1.54, 1.807) is 29.2 Å². The SMILES string of the molecule is O=C(NCC(O)c1ccc(F)c(F)c1)c1ccc(N2CCCC2=O)cc1. The molecule has 3 rings (SSSR count). The molecule has 1 heterocycles. The Balaban J connectivity index is 1.59. The topological polar surface area (TPSA) is 69.6 Å². The molecule has 0 saturated carbocycles. The van der Waals surface area contributed by atoms with Crippen molar-refractivity contribution in [3.8, 4) is 0 Å². The number of carbonyl (C=O) groups excluding carboxylic acids is 2. The van der Waals surface area contributed by atoms with Gasteiger partial charge in [-0.05, 0) is 48.4 Å². The Morgan fingerprint density at radius 3 is 2.50 bits per heavy atom. The van der Waals surface area contributed by atoms with Gasteiger partial charge in [0.15, 0.2) is 11.6 Å². The number of aliphatic hydroxyl groups excluding tert-OH is 1. The van der Waals surface area contributed by atoms with Crippen LogP contribution in [-0.4, -0.2) is 30.0 Å². The zero-order chi connectivity index (χ0) is 18.7. The molecule has 0 aliphatic carbocycles. The van der Waals surface area contributed by atoms with Crippen LogP contribution in [0.4, 0.5) is 14.5 Å². The van der Waals surface area contributed by atoms with Gasteiger partial charge < -0.3 is 15.3 Å². The predicted octanol–water partition coefficient (Wildman–Crippen LogP) is 2.56. The number of amides is 2. The monoisotopic (exact) mass is 360 g/mol. The zero-order valence-corrected chi connectivity index (χ0v) is 13.9. The fraction of sp³-hybridized carbons (Fsp3) is 0.263. The summed E-state index contributed by atoms with van der Waals surface area (Å²) in [5.74, 6) is -2.40. The van der Waals surface area contributed by atoms with Crippen LogP contribution in [-0.2, 0) is 4.79 Å². The maximum Gasteiger partial charge on any atom is 0.251 e. The smallest absolute Gasteiger partial charge is 0.251 e. The number of halogens is 2. The molecule has 0 aromatic heterocycles. The summed E-state index contributed by atoms with van der Waals surface area (Å²) in [5, 5.41) is 12.5. The van der Waals surface area contributed by atoms with Crippen molar-refractivity contribution in [2.75, 3.05) is 18.0 Å². The number of hydrogen-bond acceptors (Lipinski definition) is 3. The van der Waals surface area contributed by atoms with Gasteiger partial charge in [0.25, 0.3) is 5.91 Å². The summed E-state index contributed by atoms with van der Waals surface area (Å²) in [6, 6.07) is 9.67. The number of carbonyl (C=O) groups is 2. The summed E-state index contributed by atoms with van der Waals surface area (Å²) in [5.41, 5.74) is 1.29. The second-order valence-corrected chi connectivity index (χ2v) is 6.10. The van der Waals surface area contributed by atoms with Gasteiger partial charge in [-0.15, -0.1) is 0 Å². The molecule has 0 bridgehead atoms. The minimum absolute atomic E-state index is 0.0665. The second-order valence-electron chi connectivity index (χ2n) is 6.10. The van der Waals surface area contributed by atoms with E-state index in [2.05, 4.69) is 5.32 Å². The van der Waals surface area contributed by atoms with E-state index in [0.29, 0.717) is 18.5 Å². The number of benzene rings is 2. The molecule has 136 valence electrons. The van der Waals surface area contributed by atoms with E-state index in [1.165, 1.54) is 6.07 Å².